The van der Waals surface area contributed by atoms with E-state index in [0.717, 1.165) is 12.8 Å². The molecule has 1 atom stereocenters. The van der Waals surface area contributed by atoms with Gasteiger partial charge in [0.15, 0.2) is 0 Å². The van der Waals surface area contributed by atoms with Crippen LogP contribution in [-0.4, -0.2) is 12.6 Å². The topological polar surface area (TPSA) is 26.3 Å². The zero-order valence-electron chi connectivity index (χ0n) is 6.43. The van der Waals surface area contributed by atoms with Gasteiger partial charge in [0, 0.05) is 6.42 Å². The molecule has 2 nitrogen and oxygen atoms in total. The van der Waals surface area contributed by atoms with Gasteiger partial charge < -0.3 is 4.74 Å². The Hall–Kier alpha value is -0.530. The largest absolute Gasteiger partial charge is 0.466 e. The lowest BCUT2D eigenvalue weighted by molar-refractivity contribution is -0.144. The lowest BCUT2D eigenvalue weighted by Crippen LogP contribution is -2.12. The maximum absolute atomic E-state index is 10.8. The van der Waals surface area contributed by atoms with Crippen LogP contribution in [0.5, 0.6) is 0 Å². The van der Waals surface area contributed by atoms with Crippen molar-refractivity contribution in [3.05, 3.63) is 0 Å². The molecule has 58 valence electrons. The number of hydrogen-bond acceptors (Lipinski definition) is 2. The van der Waals surface area contributed by atoms with Gasteiger partial charge in [-0.05, 0) is 25.2 Å². The second-order valence-electron chi connectivity index (χ2n) is 3.01. The summed E-state index contributed by atoms with van der Waals surface area (Å²) in [5, 5.41) is 0. The van der Waals surface area contributed by atoms with E-state index in [1.807, 2.05) is 0 Å². The van der Waals surface area contributed by atoms with Crippen molar-refractivity contribution in [2.24, 2.45) is 5.92 Å². The van der Waals surface area contributed by atoms with E-state index in [2.05, 4.69) is 6.92 Å². The van der Waals surface area contributed by atoms with Gasteiger partial charge in [0.25, 0.3) is 0 Å². The van der Waals surface area contributed by atoms with Gasteiger partial charge in [0.1, 0.15) is 0 Å². The fourth-order valence-corrected chi connectivity index (χ4v) is 1.20. The van der Waals surface area contributed by atoms with Gasteiger partial charge in [-0.3, -0.25) is 4.79 Å². The van der Waals surface area contributed by atoms with E-state index in [9.17, 15) is 4.79 Å². The van der Waals surface area contributed by atoms with Crippen LogP contribution < -0.4 is 0 Å². The first kappa shape index (κ1) is 7.58. The molecule has 0 radical (unpaired) electrons. The molecule has 2 heteroatoms. The van der Waals surface area contributed by atoms with Crippen LogP contribution in [0.3, 0.4) is 0 Å². The zero-order valence-corrected chi connectivity index (χ0v) is 6.43. The van der Waals surface area contributed by atoms with Crippen LogP contribution in [0.2, 0.25) is 0 Å². The Morgan fingerprint density at radius 1 is 1.50 bits per heavy atom. The highest BCUT2D eigenvalue weighted by Crippen LogP contribution is 2.15. The molecule has 0 amide bonds. The molecular formula is C8H14O2. The smallest absolute Gasteiger partial charge is 0.305 e. The molecule has 10 heavy (non-hydrogen) atoms. The van der Waals surface area contributed by atoms with Crippen LogP contribution in [-0.2, 0) is 9.53 Å². The molecule has 0 aromatic heterocycles. The quantitative estimate of drug-likeness (QED) is 0.481. The molecule has 0 aromatic carbocycles. The predicted octanol–water partition coefficient (Wildman–Crippen LogP) is 1.74. The molecule has 0 N–H and O–H groups in total. The average molecular weight is 142 g/mol. The maximum atomic E-state index is 10.8. The van der Waals surface area contributed by atoms with Gasteiger partial charge in [-0.15, -0.1) is 0 Å². The molecule has 1 heterocycles. The monoisotopic (exact) mass is 142 g/mol. The third-order valence-corrected chi connectivity index (χ3v) is 1.95. The summed E-state index contributed by atoms with van der Waals surface area (Å²) in [5.41, 5.74) is 0. The first-order chi connectivity index (χ1) is 4.79. The minimum absolute atomic E-state index is 0.0217. The van der Waals surface area contributed by atoms with Crippen LogP contribution in [0.1, 0.15) is 32.6 Å². The summed E-state index contributed by atoms with van der Waals surface area (Å²) in [6, 6.07) is 0. The predicted molar refractivity (Wildman–Crippen MR) is 38.6 cm³/mol. The number of carbonyl (C=O) groups is 1. The number of esters is 1. The van der Waals surface area contributed by atoms with Gasteiger partial charge in [-0.25, -0.2) is 0 Å². The molecule has 1 aliphatic heterocycles. The summed E-state index contributed by atoms with van der Waals surface area (Å²) in [6.07, 6.45) is 3.85. The van der Waals surface area contributed by atoms with E-state index in [1.165, 1.54) is 6.42 Å². The highest BCUT2D eigenvalue weighted by atomic mass is 16.5. The van der Waals surface area contributed by atoms with Gasteiger partial charge in [-0.2, -0.15) is 0 Å². The molecule has 1 unspecified atom stereocenters. The van der Waals surface area contributed by atoms with Crippen LogP contribution >= 0.6 is 0 Å². The SMILES string of the molecule is CC1CCCOC(=O)CC1. The zero-order chi connectivity index (χ0) is 7.40. The summed E-state index contributed by atoms with van der Waals surface area (Å²) in [4.78, 5) is 10.8. The van der Waals surface area contributed by atoms with Crippen LogP contribution in [0.4, 0.5) is 0 Å². The lowest BCUT2D eigenvalue weighted by atomic mass is 9.99. The summed E-state index contributed by atoms with van der Waals surface area (Å²) < 4.78 is 4.89. The van der Waals surface area contributed by atoms with Crippen molar-refractivity contribution in [3.8, 4) is 0 Å². The van der Waals surface area contributed by atoms with Crippen LogP contribution in [0, 0.1) is 5.92 Å². The summed E-state index contributed by atoms with van der Waals surface area (Å²) in [5.74, 6) is 0.680. The van der Waals surface area contributed by atoms with Crippen molar-refractivity contribution in [2.75, 3.05) is 6.61 Å². The van der Waals surface area contributed by atoms with Crippen molar-refractivity contribution in [1.29, 1.82) is 0 Å². The number of hydrogen-bond donors (Lipinski definition) is 0. The maximum Gasteiger partial charge on any atom is 0.305 e. The molecule has 0 spiro atoms. The lowest BCUT2D eigenvalue weighted by Gasteiger charge is -2.14. The minimum Gasteiger partial charge on any atom is -0.466 e. The van der Waals surface area contributed by atoms with Crippen molar-refractivity contribution < 1.29 is 9.53 Å². The van der Waals surface area contributed by atoms with Gasteiger partial charge in [0.2, 0.25) is 0 Å². The second-order valence-corrected chi connectivity index (χ2v) is 3.01. The Bertz CT molecular complexity index is 120. The van der Waals surface area contributed by atoms with Crippen molar-refractivity contribution >= 4 is 5.97 Å². The van der Waals surface area contributed by atoms with Gasteiger partial charge in [-0.1, -0.05) is 6.92 Å². The standard InChI is InChI=1S/C8H14O2/c1-7-3-2-6-10-8(9)5-4-7/h7H,2-6H2,1H3. The molecule has 0 aromatic rings. The molecule has 1 saturated heterocycles. The van der Waals surface area contributed by atoms with Gasteiger partial charge in [0.05, 0.1) is 6.61 Å². The number of ether oxygens (including phenoxy) is 1. The van der Waals surface area contributed by atoms with E-state index < -0.39 is 0 Å². The Labute approximate surface area is 61.6 Å². The van der Waals surface area contributed by atoms with Crippen LogP contribution in [0.15, 0.2) is 0 Å². The van der Waals surface area contributed by atoms with E-state index >= 15 is 0 Å². The Morgan fingerprint density at radius 3 is 3.10 bits per heavy atom. The first-order valence-corrected chi connectivity index (χ1v) is 3.94. The molecule has 1 aliphatic rings. The summed E-state index contributed by atoms with van der Waals surface area (Å²) in [7, 11) is 0. The molecule has 1 rings (SSSR count). The normalized spacial score (nSPS) is 28.5. The third-order valence-electron chi connectivity index (χ3n) is 1.95. The molecular weight excluding hydrogens is 128 g/mol. The number of rotatable bonds is 0. The van der Waals surface area contributed by atoms with Crippen molar-refractivity contribution in [3.63, 3.8) is 0 Å². The Morgan fingerprint density at radius 2 is 2.30 bits per heavy atom. The first-order valence-electron chi connectivity index (χ1n) is 3.94. The van der Waals surface area contributed by atoms with E-state index in [4.69, 9.17) is 4.74 Å². The second kappa shape index (κ2) is 3.59. The molecule has 0 saturated carbocycles. The van der Waals surface area contributed by atoms with Gasteiger partial charge >= 0.3 is 5.97 Å². The summed E-state index contributed by atoms with van der Waals surface area (Å²) >= 11 is 0. The summed E-state index contributed by atoms with van der Waals surface area (Å²) in [6.45, 7) is 2.82. The Kier molecular flexibility index (Phi) is 2.72. The highest BCUT2D eigenvalue weighted by Gasteiger charge is 2.10. The fraction of sp³-hybridized carbons (Fsp3) is 0.875. The highest BCUT2D eigenvalue weighted by molar-refractivity contribution is 5.69. The third kappa shape index (κ3) is 2.38. The van der Waals surface area contributed by atoms with E-state index in [1.54, 1.807) is 0 Å². The fourth-order valence-electron chi connectivity index (χ4n) is 1.20. The molecule has 0 bridgehead atoms. The van der Waals surface area contributed by atoms with E-state index in [0.29, 0.717) is 18.9 Å². The molecule has 0 aliphatic carbocycles. The number of cyclic esters (lactones) is 1. The Balaban J connectivity index is 2.29. The van der Waals surface area contributed by atoms with E-state index in [-0.39, 0.29) is 5.97 Å². The number of carbonyl (C=O) groups excluding carboxylic acids is 1. The minimum atomic E-state index is -0.0217. The molecule has 1 fully saturated rings. The average Bonchev–Trinajstić information content (AvgIpc) is 1.90. The van der Waals surface area contributed by atoms with Crippen LogP contribution in [0.25, 0.3) is 0 Å². The van der Waals surface area contributed by atoms with Crippen molar-refractivity contribution in [2.45, 2.75) is 32.6 Å². The van der Waals surface area contributed by atoms with Crippen molar-refractivity contribution in [1.82, 2.24) is 0 Å².